The average Bonchev–Trinajstić information content (AvgIpc) is 2.80. The minimum absolute atomic E-state index is 0.251. The molecule has 18 heavy (non-hydrogen) atoms. The van der Waals surface area contributed by atoms with Gasteiger partial charge in [0.15, 0.2) is 0 Å². The van der Waals surface area contributed by atoms with Crippen molar-refractivity contribution in [2.75, 3.05) is 31.2 Å². The number of nitrogens with zero attached hydrogens (tertiary/aromatic N) is 2. The van der Waals surface area contributed by atoms with E-state index in [2.05, 4.69) is 5.16 Å². The minimum Gasteiger partial charge on any atom is -0.411 e. The average molecular weight is 250 g/mol. The molecule has 5 heteroatoms. The molecule has 1 saturated heterocycles. The van der Waals surface area contributed by atoms with Crippen molar-refractivity contribution in [1.82, 2.24) is 0 Å². The van der Waals surface area contributed by atoms with Crippen molar-refractivity contribution in [2.24, 2.45) is 5.16 Å². The van der Waals surface area contributed by atoms with Crippen molar-refractivity contribution < 1.29 is 14.3 Å². The number of ether oxygens (including phenoxy) is 1. The van der Waals surface area contributed by atoms with Gasteiger partial charge in [-0.15, -0.1) is 0 Å². The highest BCUT2D eigenvalue weighted by Crippen LogP contribution is 2.30. The van der Waals surface area contributed by atoms with Crippen molar-refractivity contribution in [3.05, 3.63) is 29.1 Å². The quantitative estimate of drug-likeness (QED) is 0.610. The molecule has 1 fully saturated rings. The van der Waals surface area contributed by atoms with Gasteiger partial charge in [0.1, 0.15) is 5.82 Å². The van der Waals surface area contributed by atoms with Gasteiger partial charge >= 0.3 is 0 Å². The highest BCUT2D eigenvalue weighted by molar-refractivity contribution is 6.04. The Balaban J connectivity index is 1.97. The number of anilines is 1. The first-order valence-corrected chi connectivity index (χ1v) is 6.16. The van der Waals surface area contributed by atoms with Gasteiger partial charge in [0.2, 0.25) is 0 Å². The summed E-state index contributed by atoms with van der Waals surface area (Å²) < 4.78 is 19.4. The Hall–Kier alpha value is -1.62. The molecule has 0 radical (unpaired) electrons. The van der Waals surface area contributed by atoms with Crippen LogP contribution in [0.3, 0.4) is 0 Å². The maximum atomic E-state index is 14.1. The maximum Gasteiger partial charge on any atom is 0.147 e. The Kier molecular flexibility index (Phi) is 2.91. The lowest BCUT2D eigenvalue weighted by atomic mass is 10.1. The summed E-state index contributed by atoms with van der Waals surface area (Å²) in [5.41, 5.74) is 3.02. The second-order valence-electron chi connectivity index (χ2n) is 4.61. The molecular formula is C13H15FN2O2. The minimum atomic E-state index is -0.251. The van der Waals surface area contributed by atoms with Crippen LogP contribution in [0, 0.1) is 5.82 Å². The number of morpholine rings is 1. The SMILES string of the molecule is ON=C1CCc2cc(N3CCOCC3)c(F)cc21. The van der Waals surface area contributed by atoms with Crippen LogP contribution in [0.2, 0.25) is 0 Å². The third kappa shape index (κ3) is 1.84. The maximum absolute atomic E-state index is 14.1. The van der Waals surface area contributed by atoms with Crippen LogP contribution in [0.25, 0.3) is 0 Å². The molecule has 2 aliphatic rings. The first-order chi connectivity index (χ1) is 8.79. The fourth-order valence-electron chi connectivity index (χ4n) is 2.62. The van der Waals surface area contributed by atoms with Crippen molar-refractivity contribution in [3.8, 4) is 0 Å². The van der Waals surface area contributed by atoms with Crippen LogP contribution in [0.1, 0.15) is 17.5 Å². The Morgan fingerprint density at radius 3 is 2.72 bits per heavy atom. The summed E-state index contributed by atoms with van der Waals surface area (Å²) >= 11 is 0. The molecule has 1 aliphatic carbocycles. The van der Waals surface area contributed by atoms with Gasteiger partial charge in [-0.2, -0.15) is 0 Å². The molecule has 1 heterocycles. The van der Waals surface area contributed by atoms with Gasteiger partial charge in [0.25, 0.3) is 0 Å². The Labute approximate surface area is 105 Å². The Morgan fingerprint density at radius 1 is 1.22 bits per heavy atom. The summed E-state index contributed by atoms with van der Waals surface area (Å²) in [5, 5.41) is 12.1. The fourth-order valence-corrected chi connectivity index (χ4v) is 2.62. The highest BCUT2D eigenvalue weighted by Gasteiger charge is 2.23. The summed E-state index contributed by atoms with van der Waals surface area (Å²) in [5.74, 6) is -0.251. The summed E-state index contributed by atoms with van der Waals surface area (Å²) in [7, 11) is 0. The summed E-state index contributed by atoms with van der Waals surface area (Å²) in [6.07, 6.45) is 1.49. The van der Waals surface area contributed by atoms with Crippen LogP contribution in [0.15, 0.2) is 17.3 Å². The third-order valence-corrected chi connectivity index (χ3v) is 3.59. The molecule has 96 valence electrons. The van der Waals surface area contributed by atoms with E-state index in [4.69, 9.17) is 9.94 Å². The van der Waals surface area contributed by atoms with Crippen LogP contribution >= 0.6 is 0 Å². The molecule has 1 N–H and O–H groups in total. The number of fused-ring (bicyclic) bond motifs is 1. The van der Waals surface area contributed by atoms with E-state index in [1.807, 2.05) is 11.0 Å². The van der Waals surface area contributed by atoms with E-state index in [1.165, 1.54) is 6.07 Å². The normalized spacial score (nSPS) is 21.4. The third-order valence-electron chi connectivity index (χ3n) is 3.59. The summed E-state index contributed by atoms with van der Waals surface area (Å²) in [6, 6.07) is 3.37. The van der Waals surface area contributed by atoms with Crippen molar-refractivity contribution >= 4 is 11.4 Å². The fraction of sp³-hybridized carbons (Fsp3) is 0.462. The topological polar surface area (TPSA) is 45.1 Å². The lowest BCUT2D eigenvalue weighted by molar-refractivity contribution is 0.122. The molecule has 3 rings (SSSR count). The molecule has 1 aromatic rings. The summed E-state index contributed by atoms with van der Waals surface area (Å²) in [6.45, 7) is 2.72. The molecule has 0 amide bonds. The van der Waals surface area contributed by atoms with Crippen LogP contribution in [-0.4, -0.2) is 37.2 Å². The summed E-state index contributed by atoms with van der Waals surface area (Å²) in [4.78, 5) is 2.01. The first kappa shape index (κ1) is 11.5. The highest BCUT2D eigenvalue weighted by atomic mass is 19.1. The second-order valence-corrected chi connectivity index (χ2v) is 4.61. The molecule has 0 saturated carbocycles. The number of halogens is 1. The first-order valence-electron chi connectivity index (χ1n) is 6.16. The smallest absolute Gasteiger partial charge is 0.147 e. The van der Waals surface area contributed by atoms with Gasteiger partial charge in [-0.25, -0.2) is 4.39 Å². The zero-order valence-electron chi connectivity index (χ0n) is 10.0. The molecule has 1 aromatic carbocycles. The van der Waals surface area contributed by atoms with Crippen molar-refractivity contribution in [2.45, 2.75) is 12.8 Å². The standard InChI is InChI=1S/C13H15FN2O2/c14-11-8-10-9(1-2-12(10)15-17)7-13(11)16-3-5-18-6-4-16/h7-8,17H,1-6H2. The molecule has 0 unspecified atom stereocenters. The van der Waals surface area contributed by atoms with E-state index >= 15 is 0 Å². The number of hydrogen-bond acceptors (Lipinski definition) is 4. The number of aryl methyl sites for hydroxylation is 1. The Bertz CT molecular complexity index is 496. The number of hydrogen-bond donors (Lipinski definition) is 1. The van der Waals surface area contributed by atoms with Crippen LogP contribution in [0.5, 0.6) is 0 Å². The monoisotopic (exact) mass is 250 g/mol. The van der Waals surface area contributed by atoms with Gasteiger partial charge < -0.3 is 14.8 Å². The largest absolute Gasteiger partial charge is 0.411 e. The van der Waals surface area contributed by atoms with Crippen LogP contribution in [0.4, 0.5) is 10.1 Å². The molecule has 1 aliphatic heterocycles. The van der Waals surface area contributed by atoms with Gasteiger partial charge in [-0.05, 0) is 30.5 Å². The van der Waals surface area contributed by atoms with Gasteiger partial charge in [-0.3, -0.25) is 0 Å². The number of oxime groups is 1. The van der Waals surface area contributed by atoms with E-state index in [9.17, 15) is 4.39 Å². The number of rotatable bonds is 1. The van der Waals surface area contributed by atoms with Crippen LogP contribution in [-0.2, 0) is 11.2 Å². The zero-order chi connectivity index (χ0) is 12.5. The van der Waals surface area contributed by atoms with E-state index < -0.39 is 0 Å². The predicted molar refractivity (Wildman–Crippen MR) is 66.1 cm³/mol. The second kappa shape index (κ2) is 4.57. The van der Waals surface area contributed by atoms with Crippen molar-refractivity contribution in [3.63, 3.8) is 0 Å². The van der Waals surface area contributed by atoms with E-state index in [-0.39, 0.29) is 5.82 Å². The molecule has 0 aromatic heterocycles. The molecule has 0 spiro atoms. The van der Waals surface area contributed by atoms with Crippen LogP contribution < -0.4 is 4.90 Å². The Morgan fingerprint density at radius 2 is 2.00 bits per heavy atom. The van der Waals surface area contributed by atoms with E-state index in [0.717, 1.165) is 30.6 Å². The van der Waals surface area contributed by atoms with E-state index in [0.29, 0.717) is 31.0 Å². The predicted octanol–water partition coefficient (Wildman–Crippen LogP) is 1.79. The number of benzene rings is 1. The molecular weight excluding hydrogens is 235 g/mol. The lowest BCUT2D eigenvalue weighted by Crippen LogP contribution is -2.36. The van der Waals surface area contributed by atoms with Gasteiger partial charge in [0.05, 0.1) is 24.6 Å². The van der Waals surface area contributed by atoms with Gasteiger partial charge in [0, 0.05) is 18.7 Å². The molecule has 4 nitrogen and oxygen atoms in total. The van der Waals surface area contributed by atoms with E-state index in [1.54, 1.807) is 0 Å². The lowest BCUT2D eigenvalue weighted by Gasteiger charge is -2.29. The molecule has 0 atom stereocenters. The van der Waals surface area contributed by atoms with Gasteiger partial charge in [-0.1, -0.05) is 5.16 Å². The van der Waals surface area contributed by atoms with Crippen molar-refractivity contribution in [1.29, 1.82) is 0 Å². The molecule has 0 bridgehead atoms. The zero-order valence-corrected chi connectivity index (χ0v) is 10.0.